The van der Waals surface area contributed by atoms with Gasteiger partial charge in [-0.1, -0.05) is 0 Å². The van der Waals surface area contributed by atoms with Crippen molar-refractivity contribution in [2.24, 2.45) is 0 Å². The molecule has 0 spiro atoms. The van der Waals surface area contributed by atoms with Crippen LogP contribution in [0.3, 0.4) is 0 Å². The molecule has 0 aliphatic rings. The van der Waals surface area contributed by atoms with Gasteiger partial charge in [0, 0.05) is 5.56 Å². The number of hydrogen-bond donors (Lipinski definition) is 1. The molecule has 0 radical (unpaired) electrons. The number of aromatic nitrogens is 1. The van der Waals surface area contributed by atoms with Crippen LogP contribution in [-0.4, -0.2) is 15.0 Å². The molecule has 0 aliphatic heterocycles. The standard InChI is InChI=1S/C8H8F2N2O3/c1-4-2-11-8(12(14)15)6(7(9)10)5(4)3-13/h2,7,13H,3H2,1H3. The van der Waals surface area contributed by atoms with Crippen LogP contribution in [0.2, 0.25) is 0 Å². The average molecular weight is 218 g/mol. The third kappa shape index (κ3) is 2.07. The SMILES string of the molecule is Cc1cnc([N+](=O)[O-])c(C(F)F)c1CO. The van der Waals surface area contributed by atoms with Gasteiger partial charge in [-0.05, 0) is 22.4 Å². The Morgan fingerprint density at radius 1 is 1.67 bits per heavy atom. The summed E-state index contributed by atoms with van der Waals surface area (Å²) in [5.41, 5.74) is -0.632. The molecule has 1 heterocycles. The molecule has 0 unspecified atom stereocenters. The summed E-state index contributed by atoms with van der Waals surface area (Å²) >= 11 is 0. The number of pyridine rings is 1. The second kappa shape index (κ2) is 4.26. The fourth-order valence-electron chi connectivity index (χ4n) is 1.24. The molecule has 0 amide bonds. The van der Waals surface area contributed by atoms with Gasteiger partial charge >= 0.3 is 5.82 Å². The van der Waals surface area contributed by atoms with Crippen molar-refractivity contribution in [3.05, 3.63) is 33.0 Å². The maximum absolute atomic E-state index is 12.6. The molecule has 1 aromatic rings. The summed E-state index contributed by atoms with van der Waals surface area (Å²) in [7, 11) is 0. The van der Waals surface area contributed by atoms with Crippen molar-refractivity contribution >= 4 is 5.82 Å². The second-order valence-corrected chi connectivity index (χ2v) is 2.87. The van der Waals surface area contributed by atoms with Crippen molar-refractivity contribution in [3.8, 4) is 0 Å². The quantitative estimate of drug-likeness (QED) is 0.619. The zero-order valence-corrected chi connectivity index (χ0v) is 7.78. The Bertz CT molecular complexity index is 396. The number of aliphatic hydroxyl groups is 1. The summed E-state index contributed by atoms with van der Waals surface area (Å²) in [6.45, 7) is 0.781. The van der Waals surface area contributed by atoms with Crippen molar-refractivity contribution in [2.75, 3.05) is 0 Å². The van der Waals surface area contributed by atoms with Crippen LogP contribution in [0.15, 0.2) is 6.20 Å². The van der Waals surface area contributed by atoms with Crippen LogP contribution < -0.4 is 0 Å². The molecule has 0 saturated heterocycles. The molecule has 0 saturated carbocycles. The number of hydrogen-bond acceptors (Lipinski definition) is 4. The van der Waals surface area contributed by atoms with Gasteiger partial charge in [0.2, 0.25) is 0 Å². The van der Waals surface area contributed by atoms with E-state index in [9.17, 15) is 18.9 Å². The van der Waals surface area contributed by atoms with Crippen LogP contribution in [-0.2, 0) is 6.61 Å². The van der Waals surface area contributed by atoms with Gasteiger partial charge in [-0.25, -0.2) is 8.78 Å². The minimum absolute atomic E-state index is 0.133. The predicted molar refractivity (Wildman–Crippen MR) is 46.5 cm³/mol. The van der Waals surface area contributed by atoms with Gasteiger partial charge < -0.3 is 15.2 Å². The highest BCUT2D eigenvalue weighted by molar-refractivity contribution is 5.43. The zero-order valence-electron chi connectivity index (χ0n) is 7.78. The number of aryl methyl sites for hydroxylation is 1. The normalized spacial score (nSPS) is 10.7. The van der Waals surface area contributed by atoms with E-state index < -0.39 is 29.3 Å². The Morgan fingerprint density at radius 3 is 2.67 bits per heavy atom. The van der Waals surface area contributed by atoms with E-state index >= 15 is 0 Å². The molecule has 15 heavy (non-hydrogen) atoms. The fraction of sp³-hybridized carbons (Fsp3) is 0.375. The lowest BCUT2D eigenvalue weighted by molar-refractivity contribution is -0.391. The summed E-state index contributed by atoms with van der Waals surface area (Å²) in [5.74, 6) is -0.903. The van der Waals surface area contributed by atoms with Gasteiger partial charge in [0.1, 0.15) is 11.8 Å². The van der Waals surface area contributed by atoms with E-state index in [-0.39, 0.29) is 5.56 Å². The van der Waals surface area contributed by atoms with Gasteiger partial charge in [-0.2, -0.15) is 0 Å². The van der Waals surface area contributed by atoms with Gasteiger partial charge in [-0.3, -0.25) is 0 Å². The van der Waals surface area contributed by atoms with E-state index in [1.807, 2.05) is 0 Å². The molecular weight excluding hydrogens is 210 g/mol. The van der Waals surface area contributed by atoms with Gasteiger partial charge in [-0.15, -0.1) is 0 Å². The highest BCUT2D eigenvalue weighted by Gasteiger charge is 2.27. The summed E-state index contributed by atoms with van der Waals surface area (Å²) in [6, 6.07) is 0. The van der Waals surface area contributed by atoms with E-state index in [0.29, 0.717) is 5.56 Å². The average Bonchev–Trinajstić information content (AvgIpc) is 2.16. The zero-order chi connectivity index (χ0) is 11.6. The third-order valence-corrected chi connectivity index (χ3v) is 1.97. The number of aliphatic hydroxyl groups excluding tert-OH is 1. The maximum atomic E-state index is 12.6. The molecule has 82 valence electrons. The lowest BCUT2D eigenvalue weighted by atomic mass is 10.1. The number of alkyl halides is 2. The molecule has 5 nitrogen and oxygen atoms in total. The van der Waals surface area contributed by atoms with Crippen molar-refractivity contribution in [3.63, 3.8) is 0 Å². The Kier molecular flexibility index (Phi) is 3.25. The van der Waals surface area contributed by atoms with E-state index in [2.05, 4.69) is 4.98 Å². The molecule has 1 aromatic heterocycles. The first-order chi connectivity index (χ1) is 6.99. The van der Waals surface area contributed by atoms with Gasteiger partial charge in [0.15, 0.2) is 0 Å². The van der Waals surface area contributed by atoms with Crippen LogP contribution in [0.1, 0.15) is 23.1 Å². The lowest BCUT2D eigenvalue weighted by Gasteiger charge is -2.08. The van der Waals surface area contributed by atoms with Crippen molar-refractivity contribution in [1.29, 1.82) is 0 Å². The first-order valence-corrected chi connectivity index (χ1v) is 4.00. The molecular formula is C8H8F2N2O3. The Morgan fingerprint density at radius 2 is 2.27 bits per heavy atom. The summed E-state index contributed by atoms with van der Waals surface area (Å²) in [5, 5.41) is 19.3. The minimum Gasteiger partial charge on any atom is -0.392 e. The molecule has 1 rings (SSSR count). The Labute approximate surface area is 83.5 Å². The van der Waals surface area contributed by atoms with E-state index in [4.69, 9.17) is 5.11 Å². The first-order valence-electron chi connectivity index (χ1n) is 4.00. The molecule has 0 aromatic carbocycles. The Hall–Kier alpha value is -1.63. The van der Waals surface area contributed by atoms with Gasteiger partial charge in [0.05, 0.1) is 6.61 Å². The van der Waals surface area contributed by atoms with E-state index in [1.54, 1.807) is 0 Å². The highest BCUT2D eigenvalue weighted by atomic mass is 19.3. The summed E-state index contributed by atoms with van der Waals surface area (Å²) in [6.07, 6.45) is -1.94. The van der Waals surface area contributed by atoms with Crippen LogP contribution in [0.25, 0.3) is 0 Å². The van der Waals surface area contributed by atoms with Crippen molar-refractivity contribution < 1.29 is 18.8 Å². The number of rotatable bonds is 3. The first kappa shape index (κ1) is 11.4. The third-order valence-electron chi connectivity index (χ3n) is 1.97. The monoisotopic (exact) mass is 218 g/mol. The number of nitrogens with zero attached hydrogens (tertiary/aromatic N) is 2. The minimum atomic E-state index is -3.03. The van der Waals surface area contributed by atoms with Gasteiger partial charge in [0.25, 0.3) is 6.43 Å². The van der Waals surface area contributed by atoms with Crippen molar-refractivity contribution in [2.45, 2.75) is 20.0 Å². The molecule has 0 aliphatic carbocycles. The molecule has 7 heteroatoms. The smallest absolute Gasteiger partial charge is 0.372 e. The largest absolute Gasteiger partial charge is 0.392 e. The van der Waals surface area contributed by atoms with E-state index in [1.165, 1.54) is 6.92 Å². The summed E-state index contributed by atoms with van der Waals surface area (Å²) < 4.78 is 25.1. The topological polar surface area (TPSA) is 76.3 Å². The summed E-state index contributed by atoms with van der Waals surface area (Å²) in [4.78, 5) is 12.8. The molecule has 1 N–H and O–H groups in total. The molecule has 0 fully saturated rings. The molecule has 0 bridgehead atoms. The fourth-order valence-corrected chi connectivity index (χ4v) is 1.24. The number of nitro groups is 1. The second-order valence-electron chi connectivity index (χ2n) is 2.87. The maximum Gasteiger partial charge on any atom is 0.372 e. The van der Waals surface area contributed by atoms with Crippen molar-refractivity contribution in [1.82, 2.24) is 4.98 Å². The van der Waals surface area contributed by atoms with Crippen LogP contribution in [0.5, 0.6) is 0 Å². The lowest BCUT2D eigenvalue weighted by Crippen LogP contribution is -2.05. The Balaban J connectivity index is 3.49. The van der Waals surface area contributed by atoms with E-state index in [0.717, 1.165) is 6.20 Å². The van der Waals surface area contributed by atoms with Crippen LogP contribution in [0.4, 0.5) is 14.6 Å². The number of halogens is 2. The molecule has 0 atom stereocenters. The highest BCUT2D eigenvalue weighted by Crippen LogP contribution is 2.31. The van der Waals surface area contributed by atoms with Crippen LogP contribution >= 0.6 is 0 Å². The predicted octanol–water partition coefficient (Wildman–Crippen LogP) is 1.73. The van der Waals surface area contributed by atoms with Crippen LogP contribution in [0, 0.1) is 17.0 Å².